The van der Waals surface area contributed by atoms with Crippen LogP contribution in [0.1, 0.15) is 43.2 Å². The number of hydrogen-bond acceptors (Lipinski definition) is 1. The average Bonchev–Trinajstić information content (AvgIpc) is 2.43. The van der Waals surface area contributed by atoms with Crippen molar-refractivity contribution in [2.24, 2.45) is 23.7 Å². The summed E-state index contributed by atoms with van der Waals surface area (Å²) in [5.41, 5.74) is 3.97. The van der Waals surface area contributed by atoms with E-state index >= 15 is 0 Å². The summed E-state index contributed by atoms with van der Waals surface area (Å²) in [6, 6.07) is 8.01. The number of carboxylic acids is 1. The Balaban J connectivity index is 1.82. The fraction of sp³-hybridized carbons (Fsp3) is 0.526. The van der Waals surface area contributed by atoms with Gasteiger partial charge in [-0.3, -0.25) is 0 Å². The zero-order valence-electron chi connectivity index (χ0n) is 12.5. The summed E-state index contributed by atoms with van der Waals surface area (Å²) < 4.78 is 0. The Morgan fingerprint density at radius 1 is 0.952 bits per heavy atom. The van der Waals surface area contributed by atoms with Gasteiger partial charge in [-0.25, -0.2) is 4.79 Å². The van der Waals surface area contributed by atoms with E-state index in [0.29, 0.717) is 17.4 Å². The highest BCUT2D eigenvalue weighted by molar-refractivity contribution is 6.16. The lowest BCUT2D eigenvalue weighted by atomic mass is 9.53. The molecule has 1 N–H and O–H groups in total. The second kappa shape index (κ2) is 4.72. The van der Waals surface area contributed by atoms with Gasteiger partial charge in [0.15, 0.2) is 0 Å². The molecule has 0 radical (unpaired) electrons. The Bertz CT molecular complexity index is 579. The molecule has 0 aliphatic heterocycles. The fourth-order valence-corrected chi connectivity index (χ4v) is 5.23. The van der Waals surface area contributed by atoms with Crippen molar-refractivity contribution in [2.75, 3.05) is 0 Å². The number of allylic oxidation sites excluding steroid dienone is 1. The van der Waals surface area contributed by atoms with Gasteiger partial charge in [-0.05, 0) is 73.8 Å². The SMILES string of the molecule is Cc1ccc(C(C(=O)O)=C2C3CC4CC(C3)CC2C4)cc1. The molecule has 4 saturated carbocycles. The molecule has 0 spiro atoms. The maximum Gasteiger partial charge on any atom is 0.336 e. The van der Waals surface area contributed by atoms with Crippen molar-refractivity contribution in [2.45, 2.75) is 39.0 Å². The molecule has 1 aromatic rings. The van der Waals surface area contributed by atoms with Crippen LogP contribution in [0.25, 0.3) is 5.57 Å². The Morgan fingerprint density at radius 3 is 1.95 bits per heavy atom. The van der Waals surface area contributed by atoms with Gasteiger partial charge >= 0.3 is 5.97 Å². The largest absolute Gasteiger partial charge is 0.478 e. The third-order valence-electron chi connectivity index (χ3n) is 5.86. The first-order chi connectivity index (χ1) is 10.1. The molecular weight excluding hydrogens is 260 g/mol. The van der Waals surface area contributed by atoms with Crippen LogP contribution in [-0.4, -0.2) is 11.1 Å². The maximum atomic E-state index is 12.0. The van der Waals surface area contributed by atoms with Crippen molar-refractivity contribution in [3.8, 4) is 0 Å². The summed E-state index contributed by atoms with van der Waals surface area (Å²) in [5.74, 6) is 2.07. The van der Waals surface area contributed by atoms with E-state index in [9.17, 15) is 9.90 Å². The molecule has 0 atom stereocenters. The number of hydrogen-bond donors (Lipinski definition) is 1. The van der Waals surface area contributed by atoms with Crippen LogP contribution in [0, 0.1) is 30.6 Å². The number of carboxylic acid groups (broad SMARTS) is 1. The van der Waals surface area contributed by atoms with E-state index in [1.54, 1.807) is 0 Å². The maximum absolute atomic E-state index is 12.0. The summed E-state index contributed by atoms with van der Waals surface area (Å²) >= 11 is 0. The number of carbonyl (C=O) groups is 1. The van der Waals surface area contributed by atoms with E-state index in [1.807, 2.05) is 31.2 Å². The average molecular weight is 282 g/mol. The summed E-state index contributed by atoms with van der Waals surface area (Å²) in [4.78, 5) is 12.0. The molecular formula is C19H22O2. The highest BCUT2D eigenvalue weighted by Crippen LogP contribution is 2.57. The number of rotatable bonds is 2. The van der Waals surface area contributed by atoms with Crippen LogP contribution in [0.5, 0.6) is 0 Å². The molecule has 0 aromatic heterocycles. The van der Waals surface area contributed by atoms with Gasteiger partial charge in [-0.2, -0.15) is 0 Å². The van der Waals surface area contributed by atoms with Gasteiger partial charge in [0.2, 0.25) is 0 Å². The van der Waals surface area contributed by atoms with E-state index in [-0.39, 0.29) is 0 Å². The van der Waals surface area contributed by atoms with E-state index in [0.717, 1.165) is 17.4 Å². The third kappa shape index (κ3) is 2.12. The highest BCUT2D eigenvalue weighted by Gasteiger charge is 2.46. The van der Waals surface area contributed by atoms with Crippen molar-refractivity contribution in [1.29, 1.82) is 0 Å². The Labute approximate surface area is 125 Å². The second-order valence-corrected chi connectivity index (χ2v) is 7.31. The predicted octanol–water partition coefficient (Wildman–Crippen LogP) is 4.29. The normalized spacial score (nSPS) is 33.3. The second-order valence-electron chi connectivity index (χ2n) is 7.31. The smallest absolute Gasteiger partial charge is 0.336 e. The minimum absolute atomic E-state index is 0.536. The summed E-state index contributed by atoms with van der Waals surface area (Å²) in [7, 11) is 0. The fourth-order valence-electron chi connectivity index (χ4n) is 5.23. The van der Waals surface area contributed by atoms with E-state index in [1.165, 1.54) is 43.2 Å². The van der Waals surface area contributed by atoms with Gasteiger partial charge < -0.3 is 5.11 Å². The quantitative estimate of drug-likeness (QED) is 0.822. The van der Waals surface area contributed by atoms with Crippen LogP contribution in [0.3, 0.4) is 0 Å². The zero-order valence-corrected chi connectivity index (χ0v) is 12.5. The highest BCUT2D eigenvalue weighted by atomic mass is 16.4. The molecule has 2 nitrogen and oxygen atoms in total. The molecule has 4 aliphatic rings. The molecule has 1 aromatic carbocycles. The van der Waals surface area contributed by atoms with Crippen molar-refractivity contribution in [1.82, 2.24) is 0 Å². The van der Waals surface area contributed by atoms with Crippen LogP contribution < -0.4 is 0 Å². The summed E-state index contributed by atoms with van der Waals surface area (Å²) in [5, 5.41) is 9.82. The first-order valence-corrected chi connectivity index (χ1v) is 8.16. The molecule has 0 saturated heterocycles. The monoisotopic (exact) mass is 282 g/mol. The van der Waals surface area contributed by atoms with Gasteiger partial charge in [-0.1, -0.05) is 29.8 Å². The first-order valence-electron chi connectivity index (χ1n) is 8.16. The molecule has 110 valence electrons. The molecule has 2 heteroatoms. The number of aliphatic carboxylic acids is 1. The first kappa shape index (κ1) is 13.1. The van der Waals surface area contributed by atoms with Gasteiger partial charge in [-0.15, -0.1) is 0 Å². The zero-order chi connectivity index (χ0) is 14.6. The van der Waals surface area contributed by atoms with Crippen LogP contribution in [0.15, 0.2) is 29.8 Å². The van der Waals surface area contributed by atoms with Crippen LogP contribution in [-0.2, 0) is 4.79 Å². The van der Waals surface area contributed by atoms with Gasteiger partial charge in [0, 0.05) is 0 Å². The summed E-state index contributed by atoms with van der Waals surface area (Å²) in [6.07, 6.45) is 6.30. The van der Waals surface area contributed by atoms with E-state index in [4.69, 9.17) is 0 Å². The van der Waals surface area contributed by atoms with Crippen LogP contribution in [0.2, 0.25) is 0 Å². The van der Waals surface area contributed by atoms with Crippen LogP contribution >= 0.6 is 0 Å². The van der Waals surface area contributed by atoms with E-state index < -0.39 is 5.97 Å². The Kier molecular flexibility index (Phi) is 2.95. The Morgan fingerprint density at radius 2 is 1.48 bits per heavy atom. The molecule has 4 fully saturated rings. The summed E-state index contributed by atoms with van der Waals surface area (Å²) in [6.45, 7) is 2.04. The standard InChI is InChI=1S/C19H22O2/c1-11-2-4-14(5-3-11)18(19(20)21)17-15-7-12-6-13(9-15)10-16(17)8-12/h2-5,12-13,15-16H,6-10H2,1H3,(H,20,21). The lowest BCUT2D eigenvalue weighted by Crippen LogP contribution is -2.41. The Hall–Kier alpha value is -1.57. The number of aryl methyl sites for hydroxylation is 1. The van der Waals surface area contributed by atoms with Gasteiger partial charge in [0.25, 0.3) is 0 Å². The molecule has 5 rings (SSSR count). The van der Waals surface area contributed by atoms with Crippen molar-refractivity contribution >= 4 is 11.5 Å². The minimum atomic E-state index is -0.735. The van der Waals surface area contributed by atoms with Crippen LogP contribution in [0.4, 0.5) is 0 Å². The lowest BCUT2D eigenvalue weighted by Gasteiger charge is -2.52. The molecule has 0 unspecified atom stereocenters. The van der Waals surface area contributed by atoms with Crippen molar-refractivity contribution in [3.05, 3.63) is 41.0 Å². The molecule has 0 heterocycles. The molecule has 0 amide bonds. The molecule has 4 aliphatic carbocycles. The lowest BCUT2D eigenvalue weighted by molar-refractivity contribution is -0.130. The molecule has 4 bridgehead atoms. The van der Waals surface area contributed by atoms with E-state index in [2.05, 4.69) is 0 Å². The number of benzene rings is 1. The topological polar surface area (TPSA) is 37.3 Å². The minimum Gasteiger partial charge on any atom is -0.478 e. The van der Waals surface area contributed by atoms with Crippen molar-refractivity contribution < 1.29 is 9.90 Å². The van der Waals surface area contributed by atoms with Gasteiger partial charge in [0.1, 0.15) is 0 Å². The molecule has 21 heavy (non-hydrogen) atoms. The van der Waals surface area contributed by atoms with Gasteiger partial charge in [0.05, 0.1) is 5.57 Å². The third-order valence-corrected chi connectivity index (χ3v) is 5.86. The van der Waals surface area contributed by atoms with Crippen molar-refractivity contribution in [3.63, 3.8) is 0 Å². The predicted molar refractivity (Wildman–Crippen MR) is 82.8 cm³/mol.